The highest BCUT2D eigenvalue weighted by atomic mass is 16.5. The zero-order valence-corrected chi connectivity index (χ0v) is 15.9. The van der Waals surface area contributed by atoms with Crippen LogP contribution in [0.15, 0.2) is 110 Å². The number of rotatable bonds is 9. The monoisotopic (exact) mass is 368 g/mol. The highest BCUT2D eigenvalue weighted by Gasteiger charge is 2.10. The van der Waals surface area contributed by atoms with Gasteiger partial charge in [-0.15, -0.1) is 0 Å². The average Bonchev–Trinajstić information content (AvgIpc) is 2.76. The molecule has 2 heteroatoms. The van der Waals surface area contributed by atoms with Gasteiger partial charge in [0.05, 0.1) is 0 Å². The highest BCUT2D eigenvalue weighted by molar-refractivity contribution is 5.78. The minimum atomic E-state index is 0.481. The molecule has 0 bridgehead atoms. The third kappa shape index (κ3) is 5.24. The molecular formula is C26H24O2. The van der Waals surface area contributed by atoms with Crippen LogP contribution in [-0.2, 0) is 13.2 Å². The maximum absolute atomic E-state index is 6.14. The van der Waals surface area contributed by atoms with Gasteiger partial charge in [0, 0.05) is 11.6 Å². The second-order valence-electron chi connectivity index (χ2n) is 6.27. The van der Waals surface area contributed by atoms with Crippen molar-refractivity contribution in [3.63, 3.8) is 0 Å². The van der Waals surface area contributed by atoms with E-state index < -0.39 is 0 Å². The van der Waals surface area contributed by atoms with Crippen molar-refractivity contribution in [1.29, 1.82) is 0 Å². The average molecular weight is 368 g/mol. The molecule has 0 heterocycles. The molecule has 0 atom stereocenters. The van der Waals surface area contributed by atoms with Crippen LogP contribution in [0.3, 0.4) is 0 Å². The van der Waals surface area contributed by atoms with E-state index in [1.807, 2.05) is 84.9 Å². The molecule has 0 saturated heterocycles. The first-order valence-corrected chi connectivity index (χ1v) is 9.23. The molecule has 0 fully saturated rings. The topological polar surface area (TPSA) is 18.5 Å². The van der Waals surface area contributed by atoms with Gasteiger partial charge in [-0.2, -0.15) is 0 Å². The molecule has 0 N–H and O–H groups in total. The highest BCUT2D eigenvalue weighted by Crippen LogP contribution is 2.32. The molecule has 3 rings (SSSR count). The van der Waals surface area contributed by atoms with Gasteiger partial charge in [0.2, 0.25) is 0 Å². The minimum absolute atomic E-state index is 0.481. The van der Waals surface area contributed by atoms with Crippen LogP contribution in [-0.4, -0.2) is 0 Å². The van der Waals surface area contributed by atoms with Gasteiger partial charge in [-0.25, -0.2) is 0 Å². The van der Waals surface area contributed by atoms with Crippen molar-refractivity contribution in [2.45, 2.75) is 13.2 Å². The Morgan fingerprint density at radius 2 is 1.36 bits per heavy atom. The predicted octanol–water partition coefficient (Wildman–Crippen LogP) is 6.60. The van der Waals surface area contributed by atoms with Crippen LogP contribution in [0.2, 0.25) is 0 Å². The SMILES string of the molecule is C=C/C=C(\C=C)c1ccc(OCc2ccccc2)cc1OCc1ccccc1. The lowest BCUT2D eigenvalue weighted by Crippen LogP contribution is -2.00. The summed E-state index contributed by atoms with van der Waals surface area (Å²) >= 11 is 0. The Balaban J connectivity index is 1.83. The number of hydrogen-bond donors (Lipinski definition) is 0. The minimum Gasteiger partial charge on any atom is -0.489 e. The molecule has 0 aromatic heterocycles. The summed E-state index contributed by atoms with van der Waals surface area (Å²) in [6.07, 6.45) is 5.47. The molecular weight excluding hydrogens is 344 g/mol. The van der Waals surface area contributed by atoms with E-state index in [4.69, 9.17) is 9.47 Å². The Hall–Kier alpha value is -3.52. The van der Waals surface area contributed by atoms with Crippen molar-refractivity contribution in [1.82, 2.24) is 0 Å². The predicted molar refractivity (Wildman–Crippen MR) is 116 cm³/mol. The van der Waals surface area contributed by atoms with E-state index in [9.17, 15) is 0 Å². The van der Waals surface area contributed by atoms with E-state index in [1.165, 1.54) is 0 Å². The number of hydrogen-bond acceptors (Lipinski definition) is 2. The lowest BCUT2D eigenvalue weighted by Gasteiger charge is -2.15. The molecule has 2 nitrogen and oxygen atoms in total. The fraction of sp³-hybridized carbons (Fsp3) is 0.0769. The molecule has 0 amide bonds. The van der Waals surface area contributed by atoms with Gasteiger partial charge in [0.15, 0.2) is 0 Å². The van der Waals surface area contributed by atoms with Gasteiger partial charge in [-0.05, 0) is 28.8 Å². The summed E-state index contributed by atoms with van der Waals surface area (Å²) in [6.45, 7) is 8.69. The number of benzene rings is 3. The molecule has 0 aliphatic heterocycles. The van der Waals surface area contributed by atoms with Crippen molar-refractivity contribution in [2.24, 2.45) is 0 Å². The summed E-state index contributed by atoms with van der Waals surface area (Å²) < 4.78 is 12.1. The lowest BCUT2D eigenvalue weighted by atomic mass is 10.0. The third-order valence-corrected chi connectivity index (χ3v) is 4.27. The quantitative estimate of drug-likeness (QED) is 0.396. The van der Waals surface area contributed by atoms with Gasteiger partial charge in [0.1, 0.15) is 24.7 Å². The van der Waals surface area contributed by atoms with Gasteiger partial charge >= 0.3 is 0 Å². The van der Waals surface area contributed by atoms with E-state index in [1.54, 1.807) is 12.2 Å². The molecule has 3 aromatic rings. The Morgan fingerprint density at radius 3 is 1.93 bits per heavy atom. The Bertz CT molecular complexity index is 941. The number of allylic oxidation sites excluding steroid dienone is 4. The van der Waals surface area contributed by atoms with Crippen LogP contribution in [0.5, 0.6) is 11.5 Å². The molecule has 0 aliphatic rings. The molecule has 0 radical (unpaired) electrons. The first-order valence-electron chi connectivity index (χ1n) is 9.23. The lowest BCUT2D eigenvalue weighted by molar-refractivity contribution is 0.289. The Morgan fingerprint density at radius 1 is 0.750 bits per heavy atom. The summed E-state index contributed by atoms with van der Waals surface area (Å²) in [7, 11) is 0. The maximum atomic E-state index is 6.14. The second kappa shape index (κ2) is 9.98. The van der Waals surface area contributed by atoms with Crippen molar-refractivity contribution in [3.05, 3.63) is 127 Å². The molecule has 0 unspecified atom stereocenters. The van der Waals surface area contributed by atoms with Crippen LogP contribution >= 0.6 is 0 Å². The summed E-state index contributed by atoms with van der Waals surface area (Å²) in [5.41, 5.74) is 4.14. The first kappa shape index (κ1) is 19.2. The first-order chi connectivity index (χ1) is 13.8. The van der Waals surface area contributed by atoms with Crippen LogP contribution in [0.4, 0.5) is 0 Å². The smallest absolute Gasteiger partial charge is 0.131 e. The van der Waals surface area contributed by atoms with Crippen molar-refractivity contribution >= 4 is 5.57 Å². The van der Waals surface area contributed by atoms with E-state index >= 15 is 0 Å². The van der Waals surface area contributed by atoms with Crippen LogP contribution in [0, 0.1) is 0 Å². The van der Waals surface area contributed by atoms with Crippen LogP contribution in [0.1, 0.15) is 16.7 Å². The third-order valence-electron chi connectivity index (χ3n) is 4.27. The normalized spacial score (nSPS) is 10.9. The van der Waals surface area contributed by atoms with Crippen LogP contribution in [0.25, 0.3) is 5.57 Å². The Kier molecular flexibility index (Phi) is 6.86. The summed E-state index contributed by atoms with van der Waals surface area (Å²) in [6, 6.07) is 26.1. The fourth-order valence-electron chi connectivity index (χ4n) is 2.82. The standard InChI is InChI=1S/C26H24O2/c1-3-11-23(4-2)25-17-16-24(27-19-21-12-7-5-8-13-21)18-26(25)28-20-22-14-9-6-10-15-22/h3-18H,1-2,19-20H2/b23-11+. The second-order valence-corrected chi connectivity index (χ2v) is 6.27. The van der Waals surface area contributed by atoms with Crippen molar-refractivity contribution in [2.75, 3.05) is 0 Å². The summed E-state index contributed by atoms with van der Waals surface area (Å²) in [5, 5.41) is 0. The van der Waals surface area contributed by atoms with E-state index in [2.05, 4.69) is 13.2 Å². The van der Waals surface area contributed by atoms with Gasteiger partial charge in [-0.3, -0.25) is 0 Å². The van der Waals surface area contributed by atoms with E-state index in [0.29, 0.717) is 13.2 Å². The molecule has 0 aliphatic carbocycles. The van der Waals surface area contributed by atoms with E-state index in [0.717, 1.165) is 33.8 Å². The fourth-order valence-corrected chi connectivity index (χ4v) is 2.82. The molecule has 0 saturated carbocycles. The zero-order chi connectivity index (χ0) is 19.6. The van der Waals surface area contributed by atoms with Gasteiger partial charge in [0.25, 0.3) is 0 Å². The molecule has 140 valence electrons. The molecule has 0 spiro atoms. The molecule has 28 heavy (non-hydrogen) atoms. The largest absolute Gasteiger partial charge is 0.489 e. The van der Waals surface area contributed by atoms with Crippen LogP contribution < -0.4 is 9.47 Å². The molecule has 3 aromatic carbocycles. The van der Waals surface area contributed by atoms with Crippen molar-refractivity contribution in [3.8, 4) is 11.5 Å². The van der Waals surface area contributed by atoms with Crippen molar-refractivity contribution < 1.29 is 9.47 Å². The Labute approximate surface area is 167 Å². The van der Waals surface area contributed by atoms with E-state index in [-0.39, 0.29) is 0 Å². The maximum Gasteiger partial charge on any atom is 0.131 e. The zero-order valence-electron chi connectivity index (χ0n) is 15.9. The summed E-state index contributed by atoms with van der Waals surface area (Å²) in [5.74, 6) is 1.51. The summed E-state index contributed by atoms with van der Waals surface area (Å²) in [4.78, 5) is 0. The number of ether oxygens (including phenoxy) is 2. The van der Waals surface area contributed by atoms with Gasteiger partial charge in [-0.1, -0.05) is 92.0 Å². The van der Waals surface area contributed by atoms with Gasteiger partial charge < -0.3 is 9.47 Å².